The molecule has 4 nitrogen and oxygen atoms in total. The van der Waals surface area contributed by atoms with Gasteiger partial charge in [-0.2, -0.15) is 0 Å². The van der Waals surface area contributed by atoms with Gasteiger partial charge in [-0.25, -0.2) is 15.0 Å². The second-order valence-corrected chi connectivity index (χ2v) is 13.7. The van der Waals surface area contributed by atoms with E-state index < -0.39 is 0 Å². The number of hydrogen-bond donors (Lipinski definition) is 0. The number of rotatable bonds is 7. The highest BCUT2D eigenvalue weighted by molar-refractivity contribution is 6.09. The van der Waals surface area contributed by atoms with Gasteiger partial charge in [0.25, 0.3) is 0 Å². The summed E-state index contributed by atoms with van der Waals surface area (Å²) in [7, 11) is 0. The molecule has 6 aromatic carbocycles. The van der Waals surface area contributed by atoms with Crippen molar-refractivity contribution in [3.05, 3.63) is 206 Å². The molecule has 0 bridgehead atoms. The molecule has 0 aliphatic rings. The van der Waals surface area contributed by atoms with Crippen LogP contribution in [0.25, 0.3) is 95.0 Å². The van der Waals surface area contributed by atoms with Crippen LogP contribution >= 0.6 is 0 Å². The van der Waals surface area contributed by atoms with Crippen LogP contribution in [0.1, 0.15) is 0 Å². The van der Waals surface area contributed by atoms with Gasteiger partial charge in [-0.05, 0) is 48.5 Å². The average Bonchev–Trinajstić information content (AvgIpc) is 3.61. The largest absolute Gasteiger partial charge is 0.309 e. The molecule has 4 heteroatoms. The maximum absolute atomic E-state index is 5.51. The lowest BCUT2D eigenvalue weighted by Crippen LogP contribution is -2.00. The second kappa shape index (κ2) is 13.8. The standard InChI is InChI=1S/C51H34N4/c1-5-17-35(18-6-1)44-29-39(30-45(52-44)36-19-7-2-8-20-36)48-33-41(55-50-27-15-13-25-42(50)43-26-14-16-28-51(43)55)34-49(54-48)40-31-46(37-21-9-3-10-22-37)53-47(32-40)38-23-11-4-12-24-38/h1-34H. The zero-order valence-electron chi connectivity index (χ0n) is 29.9. The van der Waals surface area contributed by atoms with Crippen molar-refractivity contribution in [1.29, 1.82) is 0 Å². The lowest BCUT2D eigenvalue weighted by Gasteiger charge is -2.16. The molecule has 0 spiro atoms. The van der Waals surface area contributed by atoms with Gasteiger partial charge >= 0.3 is 0 Å². The minimum Gasteiger partial charge on any atom is -0.309 e. The Labute approximate surface area is 319 Å². The van der Waals surface area contributed by atoms with Crippen molar-refractivity contribution in [2.75, 3.05) is 0 Å². The molecule has 0 fully saturated rings. The first-order valence-corrected chi connectivity index (χ1v) is 18.5. The molecule has 55 heavy (non-hydrogen) atoms. The van der Waals surface area contributed by atoms with E-state index in [4.69, 9.17) is 15.0 Å². The van der Waals surface area contributed by atoms with Gasteiger partial charge in [-0.3, -0.25) is 0 Å². The van der Waals surface area contributed by atoms with E-state index in [0.717, 1.165) is 84.3 Å². The van der Waals surface area contributed by atoms with Gasteiger partial charge in [-0.15, -0.1) is 0 Å². The molecule has 0 unspecified atom stereocenters. The van der Waals surface area contributed by atoms with Crippen molar-refractivity contribution in [3.8, 4) is 73.2 Å². The summed E-state index contributed by atoms with van der Waals surface area (Å²) < 4.78 is 2.37. The van der Waals surface area contributed by atoms with E-state index in [1.165, 1.54) is 10.8 Å². The molecule has 0 atom stereocenters. The van der Waals surface area contributed by atoms with E-state index in [1.807, 2.05) is 24.3 Å². The van der Waals surface area contributed by atoms with E-state index in [1.54, 1.807) is 0 Å². The third-order valence-corrected chi connectivity index (χ3v) is 10.2. The number of aromatic nitrogens is 4. The predicted octanol–water partition coefficient (Wildman–Crippen LogP) is 13.0. The van der Waals surface area contributed by atoms with Crippen LogP contribution in [0.5, 0.6) is 0 Å². The quantitative estimate of drug-likeness (QED) is 0.166. The maximum Gasteiger partial charge on any atom is 0.0731 e. The third-order valence-electron chi connectivity index (χ3n) is 10.2. The van der Waals surface area contributed by atoms with Crippen LogP contribution < -0.4 is 0 Å². The van der Waals surface area contributed by atoms with Crippen molar-refractivity contribution in [2.45, 2.75) is 0 Å². The molecule has 0 radical (unpaired) electrons. The number of benzene rings is 6. The molecule has 0 N–H and O–H groups in total. The summed E-state index contributed by atoms with van der Waals surface area (Å²) in [5.41, 5.74) is 14.7. The highest BCUT2D eigenvalue weighted by atomic mass is 15.0. The zero-order chi connectivity index (χ0) is 36.6. The van der Waals surface area contributed by atoms with E-state index in [9.17, 15) is 0 Å². The van der Waals surface area contributed by atoms with Gasteiger partial charge in [0.15, 0.2) is 0 Å². The van der Waals surface area contributed by atoms with Gasteiger partial charge < -0.3 is 4.57 Å². The van der Waals surface area contributed by atoms with Crippen molar-refractivity contribution >= 4 is 21.8 Å². The molecule has 0 aliphatic carbocycles. The first kappa shape index (κ1) is 32.2. The van der Waals surface area contributed by atoms with E-state index in [-0.39, 0.29) is 0 Å². The Morgan fingerprint density at radius 1 is 0.255 bits per heavy atom. The van der Waals surface area contributed by atoms with E-state index >= 15 is 0 Å². The number of para-hydroxylation sites is 2. The second-order valence-electron chi connectivity index (χ2n) is 13.7. The summed E-state index contributed by atoms with van der Waals surface area (Å²) in [6, 6.07) is 71.9. The summed E-state index contributed by atoms with van der Waals surface area (Å²) in [4.78, 5) is 15.9. The topological polar surface area (TPSA) is 43.6 Å². The van der Waals surface area contributed by atoms with Crippen LogP contribution in [-0.4, -0.2) is 19.5 Å². The van der Waals surface area contributed by atoms with Crippen molar-refractivity contribution in [2.24, 2.45) is 0 Å². The normalized spacial score (nSPS) is 11.3. The van der Waals surface area contributed by atoms with Crippen molar-refractivity contribution < 1.29 is 0 Å². The Morgan fingerprint density at radius 2 is 0.527 bits per heavy atom. The Hall–Kier alpha value is -7.43. The number of nitrogens with zero attached hydrogens (tertiary/aromatic N) is 4. The Bertz CT molecular complexity index is 2640. The number of hydrogen-bond acceptors (Lipinski definition) is 3. The lowest BCUT2D eigenvalue weighted by molar-refractivity contribution is 1.16. The first-order chi connectivity index (χ1) is 27.2. The maximum atomic E-state index is 5.51. The summed E-state index contributed by atoms with van der Waals surface area (Å²) in [6.07, 6.45) is 0. The zero-order valence-corrected chi connectivity index (χ0v) is 29.9. The van der Waals surface area contributed by atoms with Crippen LogP contribution in [0.3, 0.4) is 0 Å². The highest BCUT2D eigenvalue weighted by Crippen LogP contribution is 2.38. The molecule has 4 aromatic heterocycles. The molecule has 0 saturated carbocycles. The Balaban J connectivity index is 1.27. The van der Waals surface area contributed by atoms with Crippen LogP contribution in [-0.2, 0) is 0 Å². The molecule has 10 aromatic rings. The van der Waals surface area contributed by atoms with Gasteiger partial charge in [0, 0.05) is 44.2 Å². The fraction of sp³-hybridized carbons (Fsp3) is 0. The molecule has 10 rings (SSSR count). The molecule has 0 aliphatic heterocycles. The van der Waals surface area contributed by atoms with Crippen LogP contribution in [0, 0.1) is 0 Å². The monoisotopic (exact) mass is 702 g/mol. The van der Waals surface area contributed by atoms with Gasteiger partial charge in [0.1, 0.15) is 0 Å². The number of pyridine rings is 3. The fourth-order valence-corrected chi connectivity index (χ4v) is 7.53. The van der Waals surface area contributed by atoms with Crippen molar-refractivity contribution in [3.63, 3.8) is 0 Å². The molecular weight excluding hydrogens is 669 g/mol. The van der Waals surface area contributed by atoms with E-state index in [2.05, 4.69) is 187 Å². The highest BCUT2D eigenvalue weighted by Gasteiger charge is 2.18. The van der Waals surface area contributed by atoms with Gasteiger partial charge in [0.2, 0.25) is 0 Å². The predicted molar refractivity (Wildman–Crippen MR) is 227 cm³/mol. The smallest absolute Gasteiger partial charge is 0.0731 e. The summed E-state index contributed by atoms with van der Waals surface area (Å²) in [5, 5.41) is 2.42. The molecule has 0 saturated heterocycles. The van der Waals surface area contributed by atoms with Crippen LogP contribution in [0.4, 0.5) is 0 Å². The first-order valence-electron chi connectivity index (χ1n) is 18.5. The van der Waals surface area contributed by atoms with Crippen LogP contribution in [0.2, 0.25) is 0 Å². The summed E-state index contributed by atoms with van der Waals surface area (Å²) >= 11 is 0. The van der Waals surface area contributed by atoms with Crippen molar-refractivity contribution in [1.82, 2.24) is 19.5 Å². The molecular formula is C51H34N4. The third kappa shape index (κ3) is 6.16. The lowest BCUT2D eigenvalue weighted by atomic mass is 10.00. The Morgan fingerprint density at radius 3 is 0.855 bits per heavy atom. The Kier molecular flexibility index (Phi) is 8.12. The van der Waals surface area contributed by atoms with Gasteiger partial charge in [0.05, 0.1) is 50.9 Å². The van der Waals surface area contributed by atoms with E-state index in [0.29, 0.717) is 0 Å². The molecule has 258 valence electrons. The molecule has 0 amide bonds. The minimum atomic E-state index is 0.852. The summed E-state index contributed by atoms with van der Waals surface area (Å²) in [5.74, 6) is 0. The minimum absolute atomic E-state index is 0.852. The molecule has 4 heterocycles. The summed E-state index contributed by atoms with van der Waals surface area (Å²) in [6.45, 7) is 0. The van der Waals surface area contributed by atoms with Crippen LogP contribution in [0.15, 0.2) is 206 Å². The average molecular weight is 703 g/mol. The number of fused-ring (bicyclic) bond motifs is 3. The van der Waals surface area contributed by atoms with Gasteiger partial charge in [-0.1, -0.05) is 158 Å². The fourth-order valence-electron chi connectivity index (χ4n) is 7.53. The SMILES string of the molecule is c1ccc(-c2cc(-c3cc(-n4c5ccccc5c5ccccc54)cc(-c4cc(-c5ccccc5)nc(-c5ccccc5)c4)n3)cc(-c3ccccc3)n2)cc1.